The lowest BCUT2D eigenvalue weighted by Crippen LogP contribution is -2.09. The summed E-state index contributed by atoms with van der Waals surface area (Å²) in [6.45, 7) is 0.863. The molecule has 0 aliphatic carbocycles. The normalized spacial score (nSPS) is 10.9. The van der Waals surface area contributed by atoms with Gasteiger partial charge in [-0.2, -0.15) is 0 Å². The second-order valence-corrected chi connectivity index (χ2v) is 4.08. The molecule has 2 aromatic rings. The van der Waals surface area contributed by atoms with Gasteiger partial charge in [0.05, 0.1) is 4.92 Å². The van der Waals surface area contributed by atoms with Crippen LogP contribution in [0.4, 0.5) is 5.69 Å². The van der Waals surface area contributed by atoms with E-state index < -0.39 is 0 Å². The van der Waals surface area contributed by atoms with Gasteiger partial charge in [0.2, 0.25) is 0 Å². The summed E-state index contributed by atoms with van der Waals surface area (Å²) in [7, 11) is 3.85. The van der Waals surface area contributed by atoms with Gasteiger partial charge < -0.3 is 9.88 Å². The van der Waals surface area contributed by atoms with Crippen molar-refractivity contribution in [2.45, 2.75) is 6.42 Å². The Kier molecular flexibility index (Phi) is 3.10. The number of likely N-dealkylation sites (N-methyl/N-ethyl adjacent to an activating group) is 1. The Morgan fingerprint density at radius 1 is 1.47 bits per heavy atom. The van der Waals surface area contributed by atoms with Gasteiger partial charge in [-0.05, 0) is 31.6 Å². The molecule has 1 N–H and O–H groups in total. The van der Waals surface area contributed by atoms with Crippen LogP contribution in [0.1, 0.15) is 5.56 Å². The number of fused-ring (bicyclic) bond motifs is 1. The molecule has 2 rings (SSSR count). The second-order valence-electron chi connectivity index (χ2n) is 4.08. The number of nitrogens with zero attached hydrogens (tertiary/aromatic N) is 2. The predicted octanol–water partition coefficient (Wildman–Crippen LogP) is 1.85. The molecule has 0 bridgehead atoms. The molecule has 0 spiro atoms. The molecule has 0 saturated carbocycles. The van der Waals surface area contributed by atoms with Crippen LogP contribution in [0.3, 0.4) is 0 Å². The van der Waals surface area contributed by atoms with Gasteiger partial charge in [0.25, 0.3) is 5.69 Å². The zero-order chi connectivity index (χ0) is 12.4. The summed E-state index contributed by atoms with van der Waals surface area (Å²) in [5.41, 5.74) is 2.32. The van der Waals surface area contributed by atoms with Crippen molar-refractivity contribution in [2.75, 3.05) is 13.6 Å². The quantitative estimate of drug-likeness (QED) is 0.647. The summed E-state index contributed by atoms with van der Waals surface area (Å²) in [6.07, 6.45) is 2.90. The highest BCUT2D eigenvalue weighted by molar-refractivity contribution is 5.86. The number of benzene rings is 1. The molecule has 0 saturated heterocycles. The first-order valence-corrected chi connectivity index (χ1v) is 5.50. The van der Waals surface area contributed by atoms with Crippen LogP contribution in [-0.4, -0.2) is 23.1 Å². The Morgan fingerprint density at radius 3 is 2.88 bits per heavy atom. The number of nitro groups is 1. The largest absolute Gasteiger partial charge is 0.350 e. The summed E-state index contributed by atoms with van der Waals surface area (Å²) in [5.74, 6) is 0. The molecule has 5 heteroatoms. The molecule has 1 aromatic carbocycles. The van der Waals surface area contributed by atoms with Crippen molar-refractivity contribution < 1.29 is 4.92 Å². The Morgan fingerprint density at radius 2 is 2.24 bits per heavy atom. The average Bonchev–Trinajstić information content (AvgIpc) is 2.63. The fourth-order valence-corrected chi connectivity index (χ4v) is 2.03. The van der Waals surface area contributed by atoms with E-state index in [1.165, 1.54) is 0 Å². The molecular formula is C12H15N3O2. The van der Waals surface area contributed by atoms with Crippen molar-refractivity contribution in [3.63, 3.8) is 0 Å². The lowest BCUT2D eigenvalue weighted by Gasteiger charge is -1.98. The number of rotatable bonds is 4. The highest BCUT2D eigenvalue weighted by atomic mass is 16.6. The number of nitrogens with one attached hydrogen (secondary N) is 1. The van der Waals surface area contributed by atoms with Gasteiger partial charge in [0.15, 0.2) is 0 Å². The Hall–Kier alpha value is -1.88. The topological polar surface area (TPSA) is 60.1 Å². The highest BCUT2D eigenvalue weighted by Crippen LogP contribution is 2.25. The van der Waals surface area contributed by atoms with Crippen molar-refractivity contribution in [2.24, 2.45) is 7.05 Å². The first-order valence-electron chi connectivity index (χ1n) is 5.50. The maximum absolute atomic E-state index is 10.8. The maximum Gasteiger partial charge on any atom is 0.270 e. The van der Waals surface area contributed by atoms with Crippen molar-refractivity contribution in [1.29, 1.82) is 0 Å². The van der Waals surface area contributed by atoms with Crippen LogP contribution < -0.4 is 5.32 Å². The van der Waals surface area contributed by atoms with Crippen molar-refractivity contribution in [3.05, 3.63) is 40.1 Å². The number of hydrogen-bond donors (Lipinski definition) is 1. The third-order valence-electron chi connectivity index (χ3n) is 2.91. The number of aromatic nitrogens is 1. The van der Waals surface area contributed by atoms with Crippen molar-refractivity contribution >= 4 is 16.6 Å². The fourth-order valence-electron chi connectivity index (χ4n) is 2.03. The van der Waals surface area contributed by atoms with E-state index in [4.69, 9.17) is 0 Å². The minimum atomic E-state index is -0.353. The van der Waals surface area contributed by atoms with E-state index in [0.717, 1.165) is 29.4 Å². The zero-order valence-electron chi connectivity index (χ0n) is 9.93. The van der Waals surface area contributed by atoms with Gasteiger partial charge in [0, 0.05) is 36.3 Å². The molecule has 17 heavy (non-hydrogen) atoms. The van der Waals surface area contributed by atoms with E-state index in [9.17, 15) is 10.1 Å². The first-order chi connectivity index (χ1) is 8.13. The molecule has 90 valence electrons. The van der Waals surface area contributed by atoms with Crippen LogP contribution >= 0.6 is 0 Å². The summed E-state index contributed by atoms with van der Waals surface area (Å²) >= 11 is 0. The third kappa shape index (κ3) is 2.14. The maximum atomic E-state index is 10.8. The summed E-state index contributed by atoms with van der Waals surface area (Å²) in [4.78, 5) is 10.4. The van der Waals surface area contributed by atoms with Gasteiger partial charge in [-0.3, -0.25) is 10.1 Å². The van der Waals surface area contributed by atoms with Crippen molar-refractivity contribution in [3.8, 4) is 0 Å². The zero-order valence-corrected chi connectivity index (χ0v) is 9.93. The molecule has 0 unspecified atom stereocenters. The second kappa shape index (κ2) is 4.55. The minimum absolute atomic E-state index is 0.148. The van der Waals surface area contributed by atoms with Gasteiger partial charge in [-0.15, -0.1) is 0 Å². The molecule has 0 amide bonds. The van der Waals surface area contributed by atoms with Crippen LogP contribution in [0.2, 0.25) is 0 Å². The first kappa shape index (κ1) is 11.6. The van der Waals surface area contributed by atoms with Crippen LogP contribution in [-0.2, 0) is 13.5 Å². The molecular weight excluding hydrogens is 218 g/mol. The van der Waals surface area contributed by atoms with E-state index in [0.29, 0.717) is 0 Å². The minimum Gasteiger partial charge on any atom is -0.350 e. The molecule has 1 aromatic heterocycles. The van der Waals surface area contributed by atoms with E-state index >= 15 is 0 Å². The molecule has 0 radical (unpaired) electrons. The number of aryl methyl sites for hydroxylation is 1. The molecule has 0 atom stereocenters. The van der Waals surface area contributed by atoms with E-state index in [-0.39, 0.29) is 10.6 Å². The van der Waals surface area contributed by atoms with Crippen LogP contribution in [0, 0.1) is 10.1 Å². The van der Waals surface area contributed by atoms with Crippen LogP contribution in [0.25, 0.3) is 10.9 Å². The van der Waals surface area contributed by atoms with Gasteiger partial charge in [-0.25, -0.2) is 0 Å². The Balaban J connectivity index is 2.52. The van der Waals surface area contributed by atoms with Crippen molar-refractivity contribution in [1.82, 2.24) is 9.88 Å². The summed E-state index contributed by atoms with van der Waals surface area (Å²) in [6, 6.07) is 5.00. The molecule has 1 heterocycles. The predicted molar refractivity (Wildman–Crippen MR) is 67.2 cm³/mol. The fraction of sp³-hybridized carbons (Fsp3) is 0.333. The highest BCUT2D eigenvalue weighted by Gasteiger charge is 2.11. The number of non-ortho nitro benzene ring substituents is 1. The lowest BCUT2D eigenvalue weighted by atomic mass is 10.1. The van der Waals surface area contributed by atoms with Crippen LogP contribution in [0.15, 0.2) is 24.4 Å². The monoisotopic (exact) mass is 233 g/mol. The summed E-state index contributed by atoms with van der Waals surface area (Å²) < 4.78 is 2.00. The van der Waals surface area contributed by atoms with E-state index in [1.807, 2.05) is 24.9 Å². The smallest absolute Gasteiger partial charge is 0.270 e. The van der Waals surface area contributed by atoms with Gasteiger partial charge in [0.1, 0.15) is 0 Å². The van der Waals surface area contributed by atoms with E-state index in [1.54, 1.807) is 18.2 Å². The molecule has 0 aliphatic heterocycles. The third-order valence-corrected chi connectivity index (χ3v) is 2.91. The average molecular weight is 233 g/mol. The lowest BCUT2D eigenvalue weighted by molar-refractivity contribution is -0.384. The number of nitro benzene ring substituents is 1. The van der Waals surface area contributed by atoms with Gasteiger partial charge in [-0.1, -0.05) is 0 Å². The number of hydrogen-bond acceptors (Lipinski definition) is 3. The Bertz CT molecular complexity index is 560. The SMILES string of the molecule is CNCCc1cn(C)c2ccc([N+](=O)[O-])cc12. The molecule has 5 nitrogen and oxygen atoms in total. The standard InChI is InChI=1S/C12H15N3O2/c1-13-6-5-9-8-14(2)12-4-3-10(15(16)17)7-11(9)12/h3-4,7-8,13H,5-6H2,1-2H3. The molecule has 0 aliphatic rings. The molecule has 0 fully saturated rings. The summed E-state index contributed by atoms with van der Waals surface area (Å²) in [5, 5.41) is 14.8. The van der Waals surface area contributed by atoms with Gasteiger partial charge >= 0.3 is 0 Å². The Labute approximate surface area is 99.2 Å². The van der Waals surface area contributed by atoms with Crippen LogP contribution in [0.5, 0.6) is 0 Å². The van der Waals surface area contributed by atoms with E-state index in [2.05, 4.69) is 5.32 Å².